The number of nitrogens with one attached hydrogen (secondary N) is 2. The first kappa shape index (κ1) is 29.1. The number of primary amides is 1. The maximum absolute atomic E-state index is 14.1. The first-order valence-electron chi connectivity index (χ1n) is 12.7. The smallest absolute Gasteiger partial charge is 0.408 e. The zero-order valence-corrected chi connectivity index (χ0v) is 22.6. The molecule has 0 bridgehead atoms. The van der Waals surface area contributed by atoms with E-state index in [1.165, 1.54) is 0 Å². The predicted octanol–water partition coefficient (Wildman–Crippen LogP) is 3.41. The third-order valence-electron chi connectivity index (χ3n) is 6.20. The van der Waals surface area contributed by atoms with Crippen LogP contribution in [0, 0.1) is 13.8 Å². The third-order valence-corrected chi connectivity index (χ3v) is 6.20. The molecule has 1 aliphatic rings. The van der Waals surface area contributed by atoms with Crippen LogP contribution >= 0.6 is 0 Å². The summed E-state index contributed by atoms with van der Waals surface area (Å²) < 4.78 is 5.36. The van der Waals surface area contributed by atoms with Crippen molar-refractivity contribution in [3.8, 4) is 0 Å². The molecule has 1 fully saturated rings. The molecule has 2 atom stereocenters. The summed E-state index contributed by atoms with van der Waals surface area (Å²) in [7, 11) is 0. The summed E-state index contributed by atoms with van der Waals surface area (Å²) >= 11 is 0. The van der Waals surface area contributed by atoms with E-state index >= 15 is 0 Å². The van der Waals surface area contributed by atoms with Gasteiger partial charge in [-0.05, 0) is 90.8 Å². The zero-order valence-electron chi connectivity index (χ0n) is 22.6. The monoisotopic (exact) mass is 502 g/mol. The van der Waals surface area contributed by atoms with Gasteiger partial charge in [-0.3, -0.25) is 14.4 Å². The maximum Gasteiger partial charge on any atom is 0.408 e. The second-order valence-corrected chi connectivity index (χ2v) is 10.9. The minimum atomic E-state index is -1.08. The fourth-order valence-corrected chi connectivity index (χ4v) is 4.09. The van der Waals surface area contributed by atoms with Crippen molar-refractivity contribution < 1.29 is 23.9 Å². The summed E-state index contributed by atoms with van der Waals surface area (Å²) in [5.41, 5.74) is 7.37. The molecule has 0 aromatic heterocycles. The van der Waals surface area contributed by atoms with E-state index in [1.807, 2.05) is 45.9 Å². The summed E-state index contributed by atoms with van der Waals surface area (Å²) in [6.45, 7) is 12.8. The van der Waals surface area contributed by atoms with E-state index in [1.54, 1.807) is 25.7 Å². The lowest BCUT2D eigenvalue weighted by molar-refractivity contribution is -0.147. The van der Waals surface area contributed by atoms with E-state index in [2.05, 4.69) is 10.6 Å². The first-order chi connectivity index (χ1) is 16.7. The molecule has 9 heteroatoms. The van der Waals surface area contributed by atoms with E-state index in [-0.39, 0.29) is 30.8 Å². The molecule has 2 rings (SSSR count). The van der Waals surface area contributed by atoms with Crippen LogP contribution in [0.5, 0.6) is 0 Å². The molecule has 4 amide bonds. The number of rotatable bonds is 10. The fraction of sp³-hybridized carbons (Fsp3) is 0.630. The van der Waals surface area contributed by atoms with Crippen LogP contribution in [0.4, 0.5) is 4.79 Å². The number of carbonyl (C=O) groups excluding carboxylic acids is 4. The third kappa shape index (κ3) is 8.24. The Hall–Kier alpha value is -3.10. The molecule has 36 heavy (non-hydrogen) atoms. The number of nitrogens with two attached hydrogens (primary N) is 1. The Bertz CT molecular complexity index is 965. The van der Waals surface area contributed by atoms with Gasteiger partial charge < -0.3 is 26.0 Å². The molecule has 4 N–H and O–H groups in total. The summed E-state index contributed by atoms with van der Waals surface area (Å²) in [6.07, 6.45) is 1.56. The largest absolute Gasteiger partial charge is 0.444 e. The predicted molar refractivity (Wildman–Crippen MR) is 138 cm³/mol. The van der Waals surface area contributed by atoms with Crippen LogP contribution in [-0.2, 0) is 19.1 Å². The molecule has 200 valence electrons. The standard InChI is InChI=1S/C27H42N4O5/c1-16(2)29-24(33)23(19-12-11-17(3)18(4)15-19)31(20-9-8-10-20)25(34)21(13-14-22(28)32)30-26(35)36-27(5,6)7/h11-12,15-16,20-21,23H,8-10,13-14H2,1-7H3,(H2,28,32)(H,29,33)(H,30,35). The highest BCUT2D eigenvalue weighted by molar-refractivity contribution is 5.93. The van der Waals surface area contributed by atoms with Gasteiger partial charge in [0.05, 0.1) is 0 Å². The Morgan fingerprint density at radius 2 is 1.72 bits per heavy atom. The number of aryl methyl sites for hydroxylation is 2. The van der Waals surface area contributed by atoms with Crippen molar-refractivity contribution in [2.24, 2.45) is 5.73 Å². The van der Waals surface area contributed by atoms with Crippen LogP contribution in [0.15, 0.2) is 18.2 Å². The SMILES string of the molecule is Cc1ccc(C(C(=O)NC(C)C)N(C(=O)C(CCC(N)=O)NC(=O)OC(C)(C)C)C2CCC2)cc1C. The van der Waals surface area contributed by atoms with Crippen molar-refractivity contribution in [2.45, 2.75) is 110 Å². The molecule has 2 unspecified atom stereocenters. The van der Waals surface area contributed by atoms with Crippen molar-refractivity contribution in [1.29, 1.82) is 0 Å². The van der Waals surface area contributed by atoms with E-state index in [0.717, 1.165) is 30.4 Å². The minimum absolute atomic E-state index is 0.00206. The number of hydrogen-bond donors (Lipinski definition) is 3. The topological polar surface area (TPSA) is 131 Å². The van der Waals surface area contributed by atoms with Crippen LogP contribution in [0.25, 0.3) is 0 Å². The highest BCUT2D eigenvalue weighted by atomic mass is 16.6. The lowest BCUT2D eigenvalue weighted by Crippen LogP contribution is -2.58. The summed E-state index contributed by atoms with van der Waals surface area (Å²) in [4.78, 5) is 53.4. The highest BCUT2D eigenvalue weighted by Gasteiger charge is 2.42. The Morgan fingerprint density at radius 1 is 1.08 bits per heavy atom. The van der Waals surface area contributed by atoms with Gasteiger partial charge in [0.1, 0.15) is 17.7 Å². The van der Waals surface area contributed by atoms with Gasteiger partial charge >= 0.3 is 6.09 Å². The molecule has 0 heterocycles. The fourth-order valence-electron chi connectivity index (χ4n) is 4.09. The second-order valence-electron chi connectivity index (χ2n) is 10.9. The summed E-state index contributed by atoms with van der Waals surface area (Å²) in [5.74, 6) is -1.31. The molecule has 0 radical (unpaired) electrons. The molecule has 9 nitrogen and oxygen atoms in total. The van der Waals surface area contributed by atoms with Gasteiger partial charge in [0, 0.05) is 18.5 Å². The number of amides is 4. The van der Waals surface area contributed by atoms with Gasteiger partial charge in [-0.25, -0.2) is 4.79 Å². The Morgan fingerprint density at radius 3 is 2.19 bits per heavy atom. The first-order valence-corrected chi connectivity index (χ1v) is 12.7. The lowest BCUT2D eigenvalue weighted by atomic mass is 9.87. The average Bonchev–Trinajstić information content (AvgIpc) is 2.69. The van der Waals surface area contributed by atoms with Crippen LogP contribution in [0.2, 0.25) is 0 Å². The number of alkyl carbamates (subject to hydrolysis) is 1. The Balaban J connectivity index is 2.51. The maximum atomic E-state index is 14.1. The van der Waals surface area contributed by atoms with Gasteiger partial charge in [0.25, 0.3) is 0 Å². The normalized spacial score (nSPS) is 15.4. The lowest BCUT2D eigenvalue weighted by Gasteiger charge is -2.44. The number of carbonyl (C=O) groups is 4. The minimum Gasteiger partial charge on any atom is -0.444 e. The molecule has 0 aliphatic heterocycles. The quantitative estimate of drug-likeness (QED) is 0.451. The van der Waals surface area contributed by atoms with E-state index in [9.17, 15) is 19.2 Å². The van der Waals surface area contributed by atoms with Gasteiger partial charge in [0.15, 0.2) is 0 Å². The van der Waals surface area contributed by atoms with Crippen molar-refractivity contribution >= 4 is 23.8 Å². The van der Waals surface area contributed by atoms with Crippen LogP contribution in [-0.4, -0.2) is 52.4 Å². The molecular weight excluding hydrogens is 460 g/mol. The van der Waals surface area contributed by atoms with E-state index in [0.29, 0.717) is 5.56 Å². The summed E-state index contributed by atoms with van der Waals surface area (Å²) in [5, 5.41) is 5.58. The van der Waals surface area contributed by atoms with E-state index < -0.39 is 35.6 Å². The molecule has 1 saturated carbocycles. The van der Waals surface area contributed by atoms with Gasteiger partial charge in [-0.2, -0.15) is 0 Å². The Kier molecular flexibility index (Phi) is 9.90. The van der Waals surface area contributed by atoms with Gasteiger partial charge in [-0.1, -0.05) is 18.2 Å². The molecule has 1 aromatic carbocycles. The summed E-state index contributed by atoms with van der Waals surface area (Å²) in [6, 6.07) is 3.47. The van der Waals surface area contributed by atoms with Crippen LogP contribution in [0.3, 0.4) is 0 Å². The molecule has 0 saturated heterocycles. The van der Waals surface area contributed by atoms with Gasteiger partial charge in [0.2, 0.25) is 17.7 Å². The number of nitrogens with zero attached hydrogens (tertiary/aromatic N) is 1. The highest BCUT2D eigenvalue weighted by Crippen LogP contribution is 2.34. The van der Waals surface area contributed by atoms with E-state index in [4.69, 9.17) is 10.5 Å². The Labute approximate surface area is 214 Å². The van der Waals surface area contributed by atoms with Gasteiger partial charge in [-0.15, -0.1) is 0 Å². The number of ether oxygens (including phenoxy) is 1. The molecule has 1 aromatic rings. The number of hydrogen-bond acceptors (Lipinski definition) is 5. The van der Waals surface area contributed by atoms with Crippen molar-refractivity contribution in [3.05, 3.63) is 34.9 Å². The van der Waals surface area contributed by atoms with Crippen molar-refractivity contribution in [2.75, 3.05) is 0 Å². The van der Waals surface area contributed by atoms with Crippen LogP contribution < -0.4 is 16.4 Å². The second kappa shape index (κ2) is 12.2. The zero-order chi connectivity index (χ0) is 27.2. The molecule has 0 spiro atoms. The van der Waals surface area contributed by atoms with Crippen LogP contribution in [0.1, 0.15) is 89.5 Å². The van der Waals surface area contributed by atoms with Crippen molar-refractivity contribution in [1.82, 2.24) is 15.5 Å². The molecule has 1 aliphatic carbocycles. The number of benzene rings is 1. The van der Waals surface area contributed by atoms with Crippen molar-refractivity contribution in [3.63, 3.8) is 0 Å². The molecular formula is C27H42N4O5. The average molecular weight is 503 g/mol.